The zero-order chi connectivity index (χ0) is 12.3. The lowest BCUT2D eigenvalue weighted by Gasteiger charge is -2.42. The van der Waals surface area contributed by atoms with Crippen molar-refractivity contribution in [3.05, 3.63) is 0 Å². The van der Waals surface area contributed by atoms with Gasteiger partial charge in [0.1, 0.15) is 0 Å². The summed E-state index contributed by atoms with van der Waals surface area (Å²) in [5.74, 6) is 0.687. The molecule has 2 fully saturated rings. The largest absolute Gasteiger partial charge is 0.383 e. The van der Waals surface area contributed by atoms with E-state index in [0.717, 1.165) is 26.2 Å². The van der Waals surface area contributed by atoms with Crippen molar-refractivity contribution in [2.75, 3.05) is 53.5 Å². The number of likely N-dealkylation sites (N-methyl/N-ethyl adjacent to an activating group) is 1. The summed E-state index contributed by atoms with van der Waals surface area (Å²) in [5.41, 5.74) is 9.62. The smallest absolute Gasteiger partial charge is 0.0708 e. The van der Waals surface area contributed by atoms with Crippen molar-refractivity contribution in [1.82, 2.24) is 15.3 Å². The van der Waals surface area contributed by atoms with Gasteiger partial charge in [-0.3, -0.25) is 0 Å². The maximum Gasteiger partial charge on any atom is 0.0708 e. The Morgan fingerprint density at radius 2 is 1.94 bits per heavy atom. The summed E-state index contributed by atoms with van der Waals surface area (Å²) in [6.45, 7) is 5.72. The van der Waals surface area contributed by atoms with Crippen LogP contribution in [0.1, 0.15) is 12.8 Å². The van der Waals surface area contributed by atoms with Crippen molar-refractivity contribution in [3.63, 3.8) is 0 Å². The number of piperazine rings is 1. The molecule has 0 aromatic rings. The highest BCUT2D eigenvalue weighted by molar-refractivity contribution is 5.01. The molecule has 1 atom stereocenters. The van der Waals surface area contributed by atoms with Crippen LogP contribution in [0.4, 0.5) is 0 Å². The summed E-state index contributed by atoms with van der Waals surface area (Å²) < 4.78 is 5.38. The summed E-state index contributed by atoms with van der Waals surface area (Å²) in [5, 5.41) is 2.32. The molecule has 0 aromatic carbocycles. The van der Waals surface area contributed by atoms with Gasteiger partial charge >= 0.3 is 0 Å². The number of hydrogen-bond acceptors (Lipinski definition) is 5. The molecule has 0 aromatic heterocycles. The first kappa shape index (κ1) is 13.2. The van der Waals surface area contributed by atoms with Gasteiger partial charge < -0.3 is 15.4 Å². The van der Waals surface area contributed by atoms with Crippen molar-refractivity contribution in [1.29, 1.82) is 0 Å². The Kier molecular flexibility index (Phi) is 4.38. The van der Waals surface area contributed by atoms with E-state index in [2.05, 4.69) is 22.4 Å². The lowest BCUT2D eigenvalue weighted by molar-refractivity contribution is 0.00637. The van der Waals surface area contributed by atoms with Crippen molar-refractivity contribution < 1.29 is 4.74 Å². The highest BCUT2D eigenvalue weighted by Crippen LogP contribution is 2.39. The van der Waals surface area contributed by atoms with E-state index in [9.17, 15) is 0 Å². The first-order valence-corrected chi connectivity index (χ1v) is 6.60. The van der Waals surface area contributed by atoms with Gasteiger partial charge in [-0.1, -0.05) is 0 Å². The predicted molar refractivity (Wildman–Crippen MR) is 68.6 cm³/mol. The maximum absolute atomic E-state index is 6.00. The number of rotatable bonds is 6. The fraction of sp³-hybridized carbons (Fsp3) is 1.00. The van der Waals surface area contributed by atoms with E-state index in [1.807, 2.05) is 0 Å². The van der Waals surface area contributed by atoms with Gasteiger partial charge in [0, 0.05) is 39.8 Å². The number of nitrogens with zero attached hydrogens (tertiary/aromatic N) is 2. The van der Waals surface area contributed by atoms with Gasteiger partial charge in [-0.05, 0) is 25.8 Å². The highest BCUT2D eigenvalue weighted by Gasteiger charge is 2.45. The molecule has 0 radical (unpaired) electrons. The molecule has 2 aliphatic rings. The molecule has 5 nitrogen and oxygen atoms in total. The predicted octanol–water partition coefficient (Wildman–Crippen LogP) is -0.508. The Balaban J connectivity index is 1.92. The second-order valence-electron chi connectivity index (χ2n) is 5.47. The van der Waals surface area contributed by atoms with Gasteiger partial charge in [0.2, 0.25) is 0 Å². The topological polar surface area (TPSA) is 53.8 Å². The molecule has 1 saturated heterocycles. The third-order valence-electron chi connectivity index (χ3n) is 4.01. The Morgan fingerprint density at radius 1 is 1.29 bits per heavy atom. The molecule has 1 aliphatic heterocycles. The number of nitrogens with one attached hydrogen (secondary N) is 1. The van der Waals surface area contributed by atoms with Crippen LogP contribution in [-0.2, 0) is 4.74 Å². The quantitative estimate of drug-likeness (QED) is 0.657. The van der Waals surface area contributed by atoms with E-state index in [4.69, 9.17) is 10.5 Å². The Bertz CT molecular complexity index is 239. The molecule has 0 spiro atoms. The molecule has 0 bridgehead atoms. The highest BCUT2D eigenvalue weighted by atomic mass is 16.5. The number of ether oxygens (including phenoxy) is 1. The minimum Gasteiger partial charge on any atom is -0.383 e. The summed E-state index contributed by atoms with van der Waals surface area (Å²) >= 11 is 0. The average Bonchev–Trinajstić information content (AvgIpc) is 3.16. The summed E-state index contributed by atoms with van der Waals surface area (Å²) in [4.78, 5) is 2.36. The minimum absolute atomic E-state index is 0.0370. The summed E-state index contributed by atoms with van der Waals surface area (Å²) in [7, 11) is 3.93. The van der Waals surface area contributed by atoms with Crippen LogP contribution >= 0.6 is 0 Å². The molecule has 1 heterocycles. The third-order valence-corrected chi connectivity index (χ3v) is 4.01. The second kappa shape index (κ2) is 5.63. The van der Waals surface area contributed by atoms with Crippen LogP contribution < -0.4 is 11.2 Å². The lowest BCUT2D eigenvalue weighted by Crippen LogP contribution is -2.65. The van der Waals surface area contributed by atoms with Crippen LogP contribution in [0.15, 0.2) is 0 Å². The normalized spacial score (nSPS) is 27.0. The molecule has 5 heteroatoms. The zero-order valence-electron chi connectivity index (χ0n) is 11.1. The molecule has 0 amide bonds. The van der Waals surface area contributed by atoms with Crippen LogP contribution in [0.25, 0.3) is 0 Å². The summed E-state index contributed by atoms with van der Waals surface area (Å²) in [6, 6.07) is 0. The average molecular weight is 242 g/mol. The first-order chi connectivity index (χ1) is 8.20. The second-order valence-corrected chi connectivity index (χ2v) is 5.47. The monoisotopic (exact) mass is 242 g/mol. The molecule has 1 aliphatic carbocycles. The maximum atomic E-state index is 6.00. The van der Waals surface area contributed by atoms with Crippen LogP contribution in [0.2, 0.25) is 0 Å². The standard InChI is InChI=1S/C12H26N4O/c1-15-5-7-16(8-6-15)14-12(9-13,10-17-2)11-3-4-11/h11,14H,3-10,13H2,1-2H3. The molecule has 17 heavy (non-hydrogen) atoms. The van der Waals surface area contributed by atoms with Crippen LogP contribution in [-0.4, -0.2) is 68.9 Å². The Morgan fingerprint density at radius 3 is 2.41 bits per heavy atom. The van der Waals surface area contributed by atoms with E-state index < -0.39 is 0 Å². The number of nitrogens with two attached hydrogens (primary N) is 1. The molecule has 1 unspecified atom stereocenters. The van der Waals surface area contributed by atoms with Crippen LogP contribution in [0, 0.1) is 5.92 Å². The first-order valence-electron chi connectivity index (χ1n) is 6.60. The molecule has 3 N–H and O–H groups in total. The van der Waals surface area contributed by atoms with Crippen molar-refractivity contribution >= 4 is 0 Å². The molecular weight excluding hydrogens is 216 g/mol. The van der Waals surface area contributed by atoms with Crippen molar-refractivity contribution in [2.24, 2.45) is 11.7 Å². The van der Waals surface area contributed by atoms with Gasteiger partial charge in [-0.15, -0.1) is 0 Å². The van der Waals surface area contributed by atoms with Gasteiger partial charge in [0.25, 0.3) is 0 Å². The van der Waals surface area contributed by atoms with Gasteiger partial charge in [-0.25, -0.2) is 10.4 Å². The van der Waals surface area contributed by atoms with Gasteiger partial charge in [0.05, 0.1) is 12.1 Å². The van der Waals surface area contributed by atoms with Crippen molar-refractivity contribution in [2.45, 2.75) is 18.4 Å². The van der Waals surface area contributed by atoms with E-state index in [1.165, 1.54) is 12.8 Å². The third kappa shape index (κ3) is 3.17. The van der Waals surface area contributed by atoms with E-state index in [0.29, 0.717) is 19.1 Å². The van der Waals surface area contributed by atoms with E-state index in [-0.39, 0.29) is 5.54 Å². The molecule has 1 saturated carbocycles. The fourth-order valence-corrected chi connectivity index (χ4v) is 2.64. The fourth-order valence-electron chi connectivity index (χ4n) is 2.64. The van der Waals surface area contributed by atoms with E-state index in [1.54, 1.807) is 7.11 Å². The van der Waals surface area contributed by atoms with Gasteiger partial charge in [0.15, 0.2) is 0 Å². The Labute approximate surface area is 104 Å². The number of hydrogen-bond donors (Lipinski definition) is 2. The zero-order valence-corrected chi connectivity index (χ0v) is 11.1. The summed E-state index contributed by atoms with van der Waals surface area (Å²) in [6.07, 6.45) is 2.56. The lowest BCUT2D eigenvalue weighted by atomic mass is 9.95. The Hall–Kier alpha value is -0.200. The van der Waals surface area contributed by atoms with Crippen LogP contribution in [0.3, 0.4) is 0 Å². The van der Waals surface area contributed by atoms with Crippen LogP contribution in [0.5, 0.6) is 0 Å². The van der Waals surface area contributed by atoms with E-state index >= 15 is 0 Å². The minimum atomic E-state index is -0.0370. The molecule has 2 rings (SSSR count). The number of hydrazine groups is 1. The van der Waals surface area contributed by atoms with Crippen molar-refractivity contribution in [3.8, 4) is 0 Å². The SMILES string of the molecule is COCC(CN)(NN1CCN(C)CC1)C1CC1. The van der Waals surface area contributed by atoms with Gasteiger partial charge in [-0.2, -0.15) is 0 Å². The molecule has 100 valence electrons. The number of methoxy groups -OCH3 is 1. The molecular formula is C12H26N4O.